The molecule has 48 heavy (non-hydrogen) atoms. The zero-order valence-corrected chi connectivity index (χ0v) is 28.0. The average molecular weight is 683 g/mol. The van der Waals surface area contributed by atoms with Crippen LogP contribution in [0.5, 0.6) is 5.75 Å². The average Bonchev–Trinajstić information content (AvgIpc) is 3.50. The minimum atomic E-state index is -5.04. The van der Waals surface area contributed by atoms with E-state index in [0.29, 0.717) is 49.4 Å². The van der Waals surface area contributed by atoms with Crippen LogP contribution in [0.3, 0.4) is 0 Å². The SMILES string of the molecule is COc1cc2c(cc1C1=C(CN3C(=O)OC(c4cc(C(F)(F)F)cc(C(F)(F)F)c4)C3C)CC(C)(C)CC1)N(C(=O)OC(C)(C)C)CC2. The highest BCUT2D eigenvalue weighted by Crippen LogP contribution is 2.48. The van der Waals surface area contributed by atoms with E-state index in [1.807, 2.05) is 12.1 Å². The molecule has 2 heterocycles. The van der Waals surface area contributed by atoms with Crippen LogP contribution in [0.1, 0.15) is 94.7 Å². The van der Waals surface area contributed by atoms with Gasteiger partial charge in [-0.1, -0.05) is 13.8 Å². The molecule has 0 N–H and O–H groups in total. The number of amides is 2. The number of cyclic esters (lactones) is 1. The predicted molar refractivity (Wildman–Crippen MR) is 167 cm³/mol. The molecule has 0 spiro atoms. The van der Waals surface area contributed by atoms with Gasteiger partial charge in [0.25, 0.3) is 0 Å². The van der Waals surface area contributed by atoms with Gasteiger partial charge in [-0.25, -0.2) is 9.59 Å². The quantitative estimate of drug-likeness (QED) is 0.294. The van der Waals surface area contributed by atoms with E-state index in [4.69, 9.17) is 14.2 Å². The second-order valence-corrected chi connectivity index (χ2v) is 14.5. The minimum absolute atomic E-state index is 0.0381. The summed E-state index contributed by atoms with van der Waals surface area (Å²) >= 11 is 0. The molecule has 7 nitrogen and oxygen atoms in total. The fraction of sp³-hybridized carbons (Fsp3) is 0.543. The van der Waals surface area contributed by atoms with E-state index in [9.17, 15) is 35.9 Å². The van der Waals surface area contributed by atoms with Gasteiger partial charge in [-0.05, 0) is 111 Å². The number of carbonyl (C=O) groups is 2. The van der Waals surface area contributed by atoms with Crippen molar-refractivity contribution in [3.63, 3.8) is 0 Å². The molecule has 13 heteroatoms. The highest BCUT2D eigenvalue weighted by Gasteiger charge is 2.44. The molecule has 2 atom stereocenters. The lowest BCUT2D eigenvalue weighted by atomic mass is 9.72. The second-order valence-electron chi connectivity index (χ2n) is 14.5. The van der Waals surface area contributed by atoms with Crippen molar-refractivity contribution < 1.29 is 50.1 Å². The number of hydrogen-bond donors (Lipinski definition) is 0. The van der Waals surface area contributed by atoms with Crippen LogP contribution in [-0.4, -0.2) is 48.9 Å². The number of ether oxygens (including phenoxy) is 3. The first-order chi connectivity index (χ1) is 22.1. The van der Waals surface area contributed by atoms with Gasteiger partial charge in [-0.15, -0.1) is 0 Å². The third-order valence-electron chi connectivity index (χ3n) is 9.10. The molecule has 2 amide bonds. The largest absolute Gasteiger partial charge is 0.496 e. The molecule has 0 aromatic heterocycles. The summed E-state index contributed by atoms with van der Waals surface area (Å²) in [5, 5.41) is 0. The van der Waals surface area contributed by atoms with Crippen LogP contribution >= 0.6 is 0 Å². The van der Waals surface area contributed by atoms with Gasteiger partial charge in [0.2, 0.25) is 0 Å². The van der Waals surface area contributed by atoms with E-state index in [2.05, 4.69) is 13.8 Å². The number of benzene rings is 2. The standard InChI is InChI=1S/C35H40F6N2O5/c1-19-29(21-12-23(34(36,37)38)15-24(13-21)35(39,40)41)47-30(44)43(19)18-22-17-33(5,6)10-8-25(22)26-16-27-20(14-28(26)46-7)9-11-42(27)31(45)48-32(2,3)4/h12-16,19,29H,8-11,17-18H2,1-7H3. The Morgan fingerprint density at radius 2 is 1.60 bits per heavy atom. The van der Waals surface area contributed by atoms with Crippen molar-refractivity contribution in [2.24, 2.45) is 5.41 Å². The summed E-state index contributed by atoms with van der Waals surface area (Å²) in [6.07, 6.45) is -10.2. The number of allylic oxidation sites excluding steroid dienone is 1. The summed E-state index contributed by atoms with van der Waals surface area (Å²) in [4.78, 5) is 29.3. The summed E-state index contributed by atoms with van der Waals surface area (Å²) in [5.41, 5.74) is -0.101. The number of anilines is 1. The molecule has 2 aromatic rings. The second kappa shape index (κ2) is 12.2. The van der Waals surface area contributed by atoms with Crippen molar-refractivity contribution in [2.75, 3.05) is 25.1 Å². The van der Waals surface area contributed by atoms with Gasteiger partial charge in [0.15, 0.2) is 0 Å². The third kappa shape index (κ3) is 7.24. The van der Waals surface area contributed by atoms with Crippen LogP contribution in [0.15, 0.2) is 35.9 Å². The molecule has 2 aromatic carbocycles. The van der Waals surface area contributed by atoms with Gasteiger partial charge in [0.1, 0.15) is 17.5 Å². The highest BCUT2D eigenvalue weighted by molar-refractivity contribution is 5.92. The van der Waals surface area contributed by atoms with Crippen LogP contribution in [0.4, 0.5) is 41.6 Å². The molecular weight excluding hydrogens is 642 g/mol. The number of hydrogen-bond acceptors (Lipinski definition) is 5. The number of fused-ring (bicyclic) bond motifs is 1. The van der Waals surface area contributed by atoms with Crippen molar-refractivity contribution in [3.8, 4) is 5.75 Å². The lowest BCUT2D eigenvalue weighted by Gasteiger charge is -2.36. The van der Waals surface area contributed by atoms with E-state index >= 15 is 0 Å². The van der Waals surface area contributed by atoms with Crippen molar-refractivity contribution in [1.82, 2.24) is 4.90 Å². The first kappa shape index (κ1) is 35.4. The Labute approximate surface area is 275 Å². The van der Waals surface area contributed by atoms with Crippen molar-refractivity contribution in [2.45, 2.75) is 97.3 Å². The number of rotatable bonds is 5. The molecule has 5 rings (SSSR count). The maximum absolute atomic E-state index is 13.6. The van der Waals surface area contributed by atoms with Crippen LogP contribution in [0.25, 0.3) is 5.57 Å². The Morgan fingerprint density at radius 3 is 2.17 bits per heavy atom. The van der Waals surface area contributed by atoms with E-state index in [0.717, 1.165) is 28.7 Å². The fourth-order valence-electron chi connectivity index (χ4n) is 6.72. The third-order valence-corrected chi connectivity index (χ3v) is 9.10. The van der Waals surface area contributed by atoms with E-state index in [-0.39, 0.29) is 23.6 Å². The Morgan fingerprint density at radius 1 is 0.979 bits per heavy atom. The number of carbonyl (C=O) groups excluding carboxylic acids is 2. The number of nitrogens with zero attached hydrogens (tertiary/aromatic N) is 2. The Bertz CT molecular complexity index is 1610. The first-order valence-electron chi connectivity index (χ1n) is 15.8. The normalized spacial score (nSPS) is 21.4. The van der Waals surface area contributed by atoms with Crippen molar-refractivity contribution in [3.05, 3.63) is 63.7 Å². The Balaban J connectivity index is 1.53. The first-order valence-corrected chi connectivity index (χ1v) is 15.8. The molecule has 0 radical (unpaired) electrons. The molecule has 2 aliphatic heterocycles. The molecule has 1 fully saturated rings. The molecule has 2 unspecified atom stereocenters. The van der Waals surface area contributed by atoms with E-state index in [1.54, 1.807) is 39.7 Å². The topological polar surface area (TPSA) is 68.3 Å². The molecule has 3 aliphatic rings. The van der Waals surface area contributed by atoms with Crippen molar-refractivity contribution >= 4 is 23.4 Å². The lowest BCUT2D eigenvalue weighted by Crippen LogP contribution is -2.36. The van der Waals surface area contributed by atoms with Crippen LogP contribution in [-0.2, 0) is 28.2 Å². The number of alkyl halides is 6. The molecule has 0 bridgehead atoms. The molecule has 0 saturated carbocycles. The molecule has 1 saturated heterocycles. The monoisotopic (exact) mass is 682 g/mol. The van der Waals surface area contributed by atoms with Gasteiger partial charge in [-0.3, -0.25) is 9.80 Å². The van der Waals surface area contributed by atoms with E-state index < -0.39 is 53.4 Å². The summed E-state index contributed by atoms with van der Waals surface area (Å²) in [6, 6.07) is 4.17. The van der Waals surface area contributed by atoms with Crippen LogP contribution < -0.4 is 9.64 Å². The smallest absolute Gasteiger partial charge is 0.416 e. The number of methoxy groups -OCH3 is 1. The zero-order chi connectivity index (χ0) is 35.6. The van der Waals surface area contributed by atoms with Crippen molar-refractivity contribution in [1.29, 1.82) is 0 Å². The van der Waals surface area contributed by atoms with Gasteiger partial charge in [0.05, 0.1) is 30.0 Å². The molecule has 1 aliphatic carbocycles. The van der Waals surface area contributed by atoms with Gasteiger partial charge in [0, 0.05) is 18.7 Å². The Hall–Kier alpha value is -3.90. The zero-order valence-electron chi connectivity index (χ0n) is 28.0. The minimum Gasteiger partial charge on any atom is -0.496 e. The Kier molecular flexibility index (Phi) is 9.01. The maximum Gasteiger partial charge on any atom is 0.416 e. The molecule has 262 valence electrons. The summed E-state index contributed by atoms with van der Waals surface area (Å²) in [6.45, 7) is 11.6. The summed E-state index contributed by atoms with van der Waals surface area (Å²) in [5.74, 6) is 0.588. The summed E-state index contributed by atoms with van der Waals surface area (Å²) < 4.78 is 98.6. The number of halogens is 6. The van der Waals surface area contributed by atoms with Crippen LogP contribution in [0, 0.1) is 5.41 Å². The highest BCUT2D eigenvalue weighted by atomic mass is 19.4. The molecular formula is C35H40F6N2O5. The predicted octanol–water partition coefficient (Wildman–Crippen LogP) is 9.58. The van der Waals surface area contributed by atoms with Gasteiger partial charge < -0.3 is 14.2 Å². The fourth-order valence-corrected chi connectivity index (χ4v) is 6.72. The van der Waals surface area contributed by atoms with Crippen LogP contribution in [0.2, 0.25) is 0 Å². The maximum atomic E-state index is 13.6. The lowest BCUT2D eigenvalue weighted by molar-refractivity contribution is -0.143. The van der Waals surface area contributed by atoms with Gasteiger partial charge >= 0.3 is 24.5 Å². The summed E-state index contributed by atoms with van der Waals surface area (Å²) in [7, 11) is 1.55. The van der Waals surface area contributed by atoms with E-state index in [1.165, 1.54) is 4.90 Å². The van der Waals surface area contributed by atoms with Gasteiger partial charge in [-0.2, -0.15) is 26.3 Å².